The largest absolute Gasteiger partial charge is 0.381 e. The fourth-order valence-corrected chi connectivity index (χ4v) is 3.38. The number of fused-ring (bicyclic) bond motifs is 1. The Morgan fingerprint density at radius 1 is 1.11 bits per heavy atom. The lowest BCUT2D eigenvalue weighted by atomic mass is 9.88. The number of nitrogens with one attached hydrogen (secondary N) is 1. The summed E-state index contributed by atoms with van der Waals surface area (Å²) in [7, 11) is 0. The van der Waals surface area contributed by atoms with Crippen LogP contribution in [0, 0.1) is 0 Å². The van der Waals surface area contributed by atoms with Crippen molar-refractivity contribution < 1.29 is 0 Å². The maximum Gasteiger partial charge on any atom is 0.0648 e. The van der Waals surface area contributed by atoms with Gasteiger partial charge in [-0.3, -0.25) is 0 Å². The minimum absolute atomic E-state index is 0.466. The summed E-state index contributed by atoms with van der Waals surface area (Å²) in [5.74, 6) is 0. The van der Waals surface area contributed by atoms with Crippen molar-refractivity contribution in [2.24, 2.45) is 0 Å². The Labute approximate surface area is 127 Å². The fourth-order valence-electron chi connectivity index (χ4n) is 2.65. The number of benzene rings is 2. The average Bonchev–Trinajstić information content (AvgIpc) is 2.42. The second kappa shape index (κ2) is 5.56. The van der Waals surface area contributed by atoms with Crippen LogP contribution in [0.4, 0.5) is 5.69 Å². The normalized spacial score (nSPS) is 17.9. The van der Waals surface area contributed by atoms with Gasteiger partial charge in [0.15, 0.2) is 0 Å². The summed E-state index contributed by atoms with van der Waals surface area (Å²) in [5, 5.41) is 4.34. The number of hydrogen-bond acceptors (Lipinski definition) is 1. The molecule has 0 heterocycles. The standard InChI is InChI=1S/C16H15BrClN/c17-13-6-8-16(15(18)10-13)19-14-7-5-11-3-1-2-4-12(11)9-14/h1-4,6,8,10,14,19H,5,7,9H2. The van der Waals surface area contributed by atoms with E-state index in [0.717, 1.165) is 34.4 Å². The number of rotatable bonds is 2. The number of halogens is 2. The van der Waals surface area contributed by atoms with Gasteiger partial charge in [0.1, 0.15) is 0 Å². The van der Waals surface area contributed by atoms with E-state index in [2.05, 4.69) is 45.5 Å². The first kappa shape index (κ1) is 13.0. The lowest BCUT2D eigenvalue weighted by Gasteiger charge is -2.26. The van der Waals surface area contributed by atoms with Crippen LogP contribution in [0.3, 0.4) is 0 Å². The Bertz CT molecular complexity index is 597. The van der Waals surface area contributed by atoms with E-state index >= 15 is 0 Å². The second-order valence-corrected chi connectivity index (χ2v) is 6.30. The van der Waals surface area contributed by atoms with E-state index < -0.39 is 0 Å². The maximum atomic E-state index is 6.26. The summed E-state index contributed by atoms with van der Waals surface area (Å²) in [6.45, 7) is 0. The molecular weight excluding hydrogens is 322 g/mol. The summed E-state index contributed by atoms with van der Waals surface area (Å²) in [5.41, 5.74) is 3.97. The first-order valence-corrected chi connectivity index (χ1v) is 7.68. The van der Waals surface area contributed by atoms with Gasteiger partial charge in [-0.2, -0.15) is 0 Å². The zero-order chi connectivity index (χ0) is 13.2. The molecule has 0 aromatic heterocycles. The van der Waals surface area contributed by atoms with Gasteiger partial charge in [-0.1, -0.05) is 51.8 Å². The molecule has 0 saturated heterocycles. The molecule has 0 spiro atoms. The van der Waals surface area contributed by atoms with Crippen LogP contribution in [0.15, 0.2) is 46.9 Å². The van der Waals surface area contributed by atoms with Gasteiger partial charge in [-0.05, 0) is 48.6 Å². The minimum Gasteiger partial charge on any atom is -0.381 e. The number of hydrogen-bond donors (Lipinski definition) is 1. The summed E-state index contributed by atoms with van der Waals surface area (Å²) in [6.07, 6.45) is 3.37. The quantitative estimate of drug-likeness (QED) is 0.807. The summed E-state index contributed by atoms with van der Waals surface area (Å²) in [6, 6.07) is 15.2. The first-order valence-electron chi connectivity index (χ1n) is 6.51. The van der Waals surface area contributed by atoms with Crippen LogP contribution in [0.5, 0.6) is 0 Å². The summed E-state index contributed by atoms with van der Waals surface area (Å²) < 4.78 is 1.01. The summed E-state index contributed by atoms with van der Waals surface area (Å²) in [4.78, 5) is 0. The molecule has 0 fully saturated rings. The smallest absolute Gasteiger partial charge is 0.0648 e. The van der Waals surface area contributed by atoms with Crippen LogP contribution in [0.25, 0.3) is 0 Å². The van der Waals surface area contributed by atoms with Gasteiger partial charge >= 0.3 is 0 Å². The monoisotopic (exact) mass is 335 g/mol. The van der Waals surface area contributed by atoms with Crippen molar-refractivity contribution in [3.05, 3.63) is 63.1 Å². The van der Waals surface area contributed by atoms with E-state index in [1.165, 1.54) is 11.1 Å². The van der Waals surface area contributed by atoms with Crippen molar-refractivity contribution in [3.63, 3.8) is 0 Å². The molecule has 2 aromatic carbocycles. The minimum atomic E-state index is 0.466. The van der Waals surface area contributed by atoms with Crippen molar-refractivity contribution in [1.29, 1.82) is 0 Å². The van der Waals surface area contributed by atoms with Crippen LogP contribution in [0.1, 0.15) is 17.5 Å². The lowest BCUT2D eigenvalue weighted by Crippen LogP contribution is -2.27. The van der Waals surface area contributed by atoms with Crippen molar-refractivity contribution in [1.82, 2.24) is 0 Å². The van der Waals surface area contributed by atoms with Gasteiger partial charge in [0.05, 0.1) is 10.7 Å². The molecule has 1 aliphatic rings. The highest BCUT2D eigenvalue weighted by Gasteiger charge is 2.18. The van der Waals surface area contributed by atoms with Gasteiger partial charge in [0.25, 0.3) is 0 Å². The second-order valence-electron chi connectivity index (χ2n) is 4.98. The van der Waals surface area contributed by atoms with Gasteiger partial charge < -0.3 is 5.32 Å². The Morgan fingerprint density at radius 2 is 1.89 bits per heavy atom. The highest BCUT2D eigenvalue weighted by molar-refractivity contribution is 9.10. The van der Waals surface area contributed by atoms with E-state index in [0.29, 0.717) is 6.04 Å². The fraction of sp³-hybridized carbons (Fsp3) is 0.250. The van der Waals surface area contributed by atoms with Crippen LogP contribution < -0.4 is 5.32 Å². The predicted molar refractivity (Wildman–Crippen MR) is 85.0 cm³/mol. The SMILES string of the molecule is Clc1cc(Br)ccc1NC1CCc2ccccc2C1. The molecule has 1 aliphatic carbocycles. The van der Waals surface area contributed by atoms with Crippen LogP contribution in [-0.4, -0.2) is 6.04 Å². The molecule has 3 rings (SSSR count). The third kappa shape index (κ3) is 2.96. The van der Waals surface area contributed by atoms with Crippen molar-refractivity contribution >= 4 is 33.2 Å². The Morgan fingerprint density at radius 3 is 2.68 bits per heavy atom. The number of aryl methyl sites for hydroxylation is 1. The van der Waals surface area contributed by atoms with Gasteiger partial charge in [0.2, 0.25) is 0 Å². The summed E-state index contributed by atoms with van der Waals surface area (Å²) >= 11 is 9.69. The lowest BCUT2D eigenvalue weighted by molar-refractivity contribution is 0.611. The molecule has 1 atom stereocenters. The Hall–Kier alpha value is -0.990. The van der Waals surface area contributed by atoms with E-state index in [4.69, 9.17) is 11.6 Å². The van der Waals surface area contributed by atoms with Gasteiger partial charge in [0, 0.05) is 10.5 Å². The average molecular weight is 337 g/mol. The predicted octanol–water partition coefficient (Wildman–Crippen LogP) is 5.07. The van der Waals surface area contributed by atoms with E-state index in [-0.39, 0.29) is 0 Å². The molecule has 1 unspecified atom stereocenters. The molecule has 19 heavy (non-hydrogen) atoms. The first-order chi connectivity index (χ1) is 9.22. The molecule has 2 aromatic rings. The molecule has 0 bridgehead atoms. The van der Waals surface area contributed by atoms with Crippen molar-refractivity contribution in [2.75, 3.05) is 5.32 Å². The molecule has 0 amide bonds. The molecule has 3 heteroatoms. The number of anilines is 1. The van der Waals surface area contributed by atoms with Crippen LogP contribution >= 0.6 is 27.5 Å². The Kier molecular flexibility index (Phi) is 3.81. The topological polar surface area (TPSA) is 12.0 Å². The molecule has 0 aliphatic heterocycles. The van der Waals surface area contributed by atoms with E-state index in [1.54, 1.807) is 0 Å². The zero-order valence-electron chi connectivity index (χ0n) is 10.5. The third-order valence-electron chi connectivity index (χ3n) is 3.64. The van der Waals surface area contributed by atoms with Gasteiger partial charge in [-0.15, -0.1) is 0 Å². The zero-order valence-corrected chi connectivity index (χ0v) is 12.8. The molecule has 0 radical (unpaired) electrons. The van der Waals surface area contributed by atoms with E-state index in [9.17, 15) is 0 Å². The highest BCUT2D eigenvalue weighted by Crippen LogP contribution is 2.29. The van der Waals surface area contributed by atoms with E-state index in [1.807, 2.05) is 18.2 Å². The van der Waals surface area contributed by atoms with Crippen molar-refractivity contribution in [3.8, 4) is 0 Å². The van der Waals surface area contributed by atoms with Crippen molar-refractivity contribution in [2.45, 2.75) is 25.3 Å². The Balaban J connectivity index is 1.75. The van der Waals surface area contributed by atoms with Gasteiger partial charge in [-0.25, -0.2) is 0 Å². The molecule has 1 N–H and O–H groups in total. The highest BCUT2D eigenvalue weighted by atomic mass is 79.9. The van der Waals surface area contributed by atoms with Crippen LogP contribution in [-0.2, 0) is 12.8 Å². The maximum absolute atomic E-state index is 6.26. The third-order valence-corrected chi connectivity index (χ3v) is 4.44. The molecule has 98 valence electrons. The molecule has 1 nitrogen and oxygen atoms in total. The molecular formula is C16H15BrClN. The van der Waals surface area contributed by atoms with Crippen LogP contribution in [0.2, 0.25) is 5.02 Å². The molecule has 0 saturated carbocycles.